The van der Waals surface area contributed by atoms with E-state index >= 15 is 0 Å². The fraction of sp³-hybridized carbons (Fsp3) is 0.556. The zero-order valence-electron chi connectivity index (χ0n) is 8.09. The molecule has 0 saturated heterocycles. The summed E-state index contributed by atoms with van der Waals surface area (Å²) >= 11 is 1.52. The first-order valence-electron chi connectivity index (χ1n) is 4.15. The molecule has 1 aromatic heterocycles. The number of nitrogens with one attached hydrogen (secondary N) is 1. The number of nitrogens with zero attached hydrogens (tertiary/aromatic N) is 2. The lowest BCUT2D eigenvalue weighted by atomic mass is 10.0. The molecule has 1 N–H and O–H groups in total. The third kappa shape index (κ3) is 2.43. The molecule has 3 nitrogen and oxygen atoms in total. The van der Waals surface area contributed by atoms with Crippen molar-refractivity contribution in [3.05, 3.63) is 5.01 Å². The minimum absolute atomic E-state index is 0.314. The van der Waals surface area contributed by atoms with Crippen LogP contribution in [0.1, 0.15) is 25.3 Å². The molecule has 0 aliphatic carbocycles. The Morgan fingerprint density at radius 1 is 1.62 bits per heavy atom. The molecule has 0 aliphatic rings. The quantitative estimate of drug-likeness (QED) is 0.750. The van der Waals surface area contributed by atoms with Crippen LogP contribution in [0.25, 0.3) is 0 Å². The standard InChI is InChI=1S/C9H13N3S/c1-5-9(4,6-2)10-8-12-11-7(3)13-8/h1H,6H2,2-4H3,(H,10,12). The molecule has 0 aliphatic heterocycles. The van der Waals surface area contributed by atoms with Crippen LogP contribution in [-0.2, 0) is 0 Å². The highest BCUT2D eigenvalue weighted by Crippen LogP contribution is 2.20. The topological polar surface area (TPSA) is 37.8 Å². The van der Waals surface area contributed by atoms with E-state index in [9.17, 15) is 0 Å². The Bertz CT molecular complexity index is 326. The monoisotopic (exact) mass is 195 g/mol. The molecule has 13 heavy (non-hydrogen) atoms. The number of hydrogen-bond acceptors (Lipinski definition) is 4. The summed E-state index contributed by atoms with van der Waals surface area (Å²) in [4.78, 5) is 0. The van der Waals surface area contributed by atoms with Crippen LogP contribution in [0.2, 0.25) is 0 Å². The van der Waals surface area contributed by atoms with Crippen LogP contribution in [-0.4, -0.2) is 15.7 Å². The highest BCUT2D eigenvalue weighted by Gasteiger charge is 2.19. The van der Waals surface area contributed by atoms with Crippen LogP contribution in [0.15, 0.2) is 0 Å². The van der Waals surface area contributed by atoms with Crippen molar-refractivity contribution < 1.29 is 0 Å². The number of anilines is 1. The minimum Gasteiger partial charge on any atom is -0.344 e. The van der Waals surface area contributed by atoms with Crippen molar-refractivity contribution in [3.63, 3.8) is 0 Å². The average Bonchev–Trinajstić information content (AvgIpc) is 2.51. The Labute approximate surface area is 82.6 Å². The molecular weight excluding hydrogens is 182 g/mol. The largest absolute Gasteiger partial charge is 0.344 e. The van der Waals surface area contributed by atoms with Gasteiger partial charge in [-0.25, -0.2) is 0 Å². The summed E-state index contributed by atoms with van der Waals surface area (Å²) in [5, 5.41) is 12.8. The van der Waals surface area contributed by atoms with Gasteiger partial charge in [0.05, 0.1) is 5.54 Å². The number of terminal acetylenes is 1. The molecule has 1 rings (SSSR count). The SMILES string of the molecule is C#CC(C)(CC)Nc1nnc(C)s1. The van der Waals surface area contributed by atoms with Gasteiger partial charge in [-0.05, 0) is 20.3 Å². The Hall–Kier alpha value is -1.08. The van der Waals surface area contributed by atoms with Crippen LogP contribution >= 0.6 is 11.3 Å². The Kier molecular flexibility index (Phi) is 2.89. The van der Waals surface area contributed by atoms with Crippen molar-refractivity contribution in [1.82, 2.24) is 10.2 Å². The molecule has 0 fully saturated rings. The summed E-state index contributed by atoms with van der Waals surface area (Å²) in [6, 6.07) is 0. The maximum absolute atomic E-state index is 5.42. The fourth-order valence-electron chi connectivity index (χ4n) is 0.810. The van der Waals surface area contributed by atoms with Gasteiger partial charge in [-0.3, -0.25) is 0 Å². The van der Waals surface area contributed by atoms with E-state index in [0.717, 1.165) is 16.6 Å². The van der Waals surface area contributed by atoms with Crippen molar-refractivity contribution in [3.8, 4) is 12.3 Å². The summed E-state index contributed by atoms with van der Waals surface area (Å²) in [5.74, 6) is 2.71. The molecule has 1 heterocycles. The van der Waals surface area contributed by atoms with Gasteiger partial charge in [-0.2, -0.15) is 0 Å². The van der Waals surface area contributed by atoms with E-state index in [1.807, 2.05) is 20.8 Å². The van der Waals surface area contributed by atoms with Gasteiger partial charge in [0.1, 0.15) is 5.01 Å². The van der Waals surface area contributed by atoms with Crippen molar-refractivity contribution in [1.29, 1.82) is 0 Å². The van der Waals surface area contributed by atoms with E-state index in [1.54, 1.807) is 0 Å². The summed E-state index contributed by atoms with van der Waals surface area (Å²) in [6.07, 6.45) is 6.28. The smallest absolute Gasteiger partial charge is 0.206 e. The van der Waals surface area contributed by atoms with E-state index in [2.05, 4.69) is 21.4 Å². The first-order valence-corrected chi connectivity index (χ1v) is 4.97. The van der Waals surface area contributed by atoms with Gasteiger partial charge in [0, 0.05) is 0 Å². The predicted molar refractivity (Wildman–Crippen MR) is 55.8 cm³/mol. The van der Waals surface area contributed by atoms with E-state index < -0.39 is 0 Å². The van der Waals surface area contributed by atoms with Gasteiger partial charge >= 0.3 is 0 Å². The van der Waals surface area contributed by atoms with Gasteiger partial charge in [-0.1, -0.05) is 24.2 Å². The summed E-state index contributed by atoms with van der Waals surface area (Å²) in [5.41, 5.74) is -0.314. The second-order valence-corrected chi connectivity index (χ2v) is 4.26. The first-order chi connectivity index (χ1) is 6.09. The van der Waals surface area contributed by atoms with Gasteiger partial charge in [0.2, 0.25) is 5.13 Å². The molecule has 0 radical (unpaired) electrons. The zero-order chi connectivity index (χ0) is 9.90. The highest BCUT2D eigenvalue weighted by atomic mass is 32.1. The summed E-state index contributed by atoms with van der Waals surface area (Å²) in [6.45, 7) is 5.94. The molecule has 70 valence electrons. The molecule has 4 heteroatoms. The lowest BCUT2D eigenvalue weighted by molar-refractivity contribution is 0.633. The van der Waals surface area contributed by atoms with Crippen LogP contribution in [0.3, 0.4) is 0 Å². The molecule has 1 aromatic rings. The van der Waals surface area contributed by atoms with E-state index in [0.29, 0.717) is 0 Å². The van der Waals surface area contributed by atoms with Gasteiger partial charge < -0.3 is 5.32 Å². The lowest BCUT2D eigenvalue weighted by Gasteiger charge is -2.22. The molecule has 1 unspecified atom stereocenters. The van der Waals surface area contributed by atoms with Crippen LogP contribution < -0.4 is 5.32 Å². The number of rotatable bonds is 3. The fourth-order valence-corrected chi connectivity index (χ4v) is 1.53. The van der Waals surface area contributed by atoms with Crippen molar-refractivity contribution >= 4 is 16.5 Å². The van der Waals surface area contributed by atoms with Crippen LogP contribution in [0, 0.1) is 19.3 Å². The van der Waals surface area contributed by atoms with E-state index in [4.69, 9.17) is 6.42 Å². The molecule has 0 spiro atoms. The highest BCUT2D eigenvalue weighted by molar-refractivity contribution is 7.15. The third-order valence-corrected chi connectivity index (χ3v) is 2.69. The normalized spacial score (nSPS) is 14.6. The molecule has 0 amide bonds. The summed E-state index contributed by atoms with van der Waals surface area (Å²) < 4.78 is 0. The molecule has 1 atom stereocenters. The number of hydrogen-bond donors (Lipinski definition) is 1. The second-order valence-electron chi connectivity index (χ2n) is 3.08. The maximum atomic E-state index is 5.42. The van der Waals surface area contributed by atoms with Crippen molar-refractivity contribution in [2.75, 3.05) is 5.32 Å². The summed E-state index contributed by atoms with van der Waals surface area (Å²) in [7, 11) is 0. The maximum Gasteiger partial charge on any atom is 0.206 e. The van der Waals surface area contributed by atoms with Gasteiger partial charge in [0.15, 0.2) is 0 Å². The molecule has 0 bridgehead atoms. The zero-order valence-corrected chi connectivity index (χ0v) is 8.90. The first kappa shape index (κ1) is 10.0. The van der Waals surface area contributed by atoms with Crippen molar-refractivity contribution in [2.45, 2.75) is 32.7 Å². The van der Waals surface area contributed by atoms with Crippen molar-refractivity contribution in [2.24, 2.45) is 0 Å². The van der Waals surface area contributed by atoms with E-state index in [-0.39, 0.29) is 5.54 Å². The van der Waals surface area contributed by atoms with Gasteiger partial charge in [-0.15, -0.1) is 16.6 Å². The number of aryl methyl sites for hydroxylation is 1. The molecule has 0 aromatic carbocycles. The average molecular weight is 195 g/mol. The van der Waals surface area contributed by atoms with E-state index in [1.165, 1.54) is 11.3 Å². The minimum atomic E-state index is -0.314. The molecular formula is C9H13N3S. The lowest BCUT2D eigenvalue weighted by Crippen LogP contribution is -2.31. The van der Waals surface area contributed by atoms with Crippen LogP contribution in [0.4, 0.5) is 5.13 Å². The Morgan fingerprint density at radius 2 is 2.31 bits per heavy atom. The Balaban J connectivity index is 2.74. The number of aromatic nitrogens is 2. The second kappa shape index (κ2) is 3.75. The Morgan fingerprint density at radius 3 is 2.69 bits per heavy atom. The van der Waals surface area contributed by atoms with Gasteiger partial charge in [0.25, 0.3) is 0 Å². The molecule has 0 saturated carbocycles. The predicted octanol–water partition coefficient (Wildman–Crippen LogP) is 2.06. The van der Waals surface area contributed by atoms with Crippen LogP contribution in [0.5, 0.6) is 0 Å². The third-order valence-electron chi connectivity index (χ3n) is 1.93.